The summed E-state index contributed by atoms with van der Waals surface area (Å²) in [7, 11) is 0. The molecule has 19 nitrogen and oxygen atoms in total. The van der Waals surface area contributed by atoms with Crippen molar-refractivity contribution >= 4 is 129 Å². The molecule has 0 aliphatic heterocycles. The fourth-order valence-corrected chi connectivity index (χ4v) is 9.80. The smallest absolute Gasteiger partial charge is 1.00 e. The van der Waals surface area contributed by atoms with Gasteiger partial charge < -0.3 is 85.4 Å². The van der Waals surface area contributed by atoms with E-state index in [2.05, 4.69) is 16.0 Å². The van der Waals surface area contributed by atoms with Crippen LogP contribution in [0.2, 0.25) is 0 Å². The minimum Gasteiger partial charge on any atom is -1.00 e. The van der Waals surface area contributed by atoms with Crippen LogP contribution in [0.5, 0.6) is 0 Å². The predicted octanol–water partition coefficient (Wildman–Crippen LogP) is -4.09. The first-order valence-corrected chi connectivity index (χ1v) is 30.6. The van der Waals surface area contributed by atoms with E-state index in [4.69, 9.17) is 19.3 Å². The van der Waals surface area contributed by atoms with Gasteiger partial charge in [0.2, 0.25) is 17.7 Å². The molecular formula is C72H86Ca2Cl2N3Na2O16+. The second-order valence-electron chi connectivity index (χ2n) is 21.9. The number of carboxylic acids is 3. The number of ether oxygens (including phenoxy) is 3. The molecule has 0 aliphatic rings. The maximum Gasteiger partial charge on any atom is 2.00 e. The van der Waals surface area contributed by atoms with Crippen LogP contribution in [0.1, 0.15) is 116 Å². The zero-order chi connectivity index (χ0) is 65.8. The number of carbonyl (C=O) groups is 9. The van der Waals surface area contributed by atoms with E-state index in [1.807, 2.05) is 164 Å². The van der Waals surface area contributed by atoms with E-state index in [1.54, 1.807) is 41.5 Å². The van der Waals surface area contributed by atoms with Crippen molar-refractivity contribution in [2.75, 3.05) is 19.8 Å². The molecule has 3 unspecified atom stereocenters. The molecular weight excluding hydrogens is 1360 g/mol. The summed E-state index contributed by atoms with van der Waals surface area (Å²) in [5, 5.41) is 38.6. The van der Waals surface area contributed by atoms with Crippen LogP contribution in [0, 0.1) is 17.8 Å². The molecule has 3 amide bonds. The van der Waals surface area contributed by atoms with Crippen molar-refractivity contribution in [3.63, 3.8) is 0 Å². The van der Waals surface area contributed by atoms with Gasteiger partial charge in [0.1, 0.15) is 0 Å². The van der Waals surface area contributed by atoms with Crippen molar-refractivity contribution in [1.82, 2.24) is 16.0 Å². The second-order valence-corrected chi connectivity index (χ2v) is 21.9. The molecule has 6 aromatic rings. The molecule has 0 fully saturated rings. The van der Waals surface area contributed by atoms with Crippen LogP contribution in [0.3, 0.4) is 0 Å². The molecule has 25 heteroatoms. The number of carboxylic acid groups (broad SMARTS) is 3. The van der Waals surface area contributed by atoms with E-state index in [-0.39, 0.29) is 275 Å². The number of benzene rings is 6. The topological polar surface area (TPSA) is 314 Å². The van der Waals surface area contributed by atoms with Gasteiger partial charge in [-0.3, -0.25) is 33.6 Å². The van der Waals surface area contributed by atoms with Gasteiger partial charge in [-0.2, -0.15) is 0 Å². The fraction of sp³-hybridized carbons (Fsp3) is 0.375. The summed E-state index contributed by atoms with van der Waals surface area (Å²) in [6, 6.07) is 53.3. The Morgan fingerprint density at radius 3 is 0.794 bits per heavy atom. The summed E-state index contributed by atoms with van der Waals surface area (Å²) in [6.45, 7) is 11.4. The summed E-state index contributed by atoms with van der Waals surface area (Å²) in [5.41, 5.74) is 9.68. The molecule has 6 atom stereocenters. The van der Waals surface area contributed by atoms with Crippen molar-refractivity contribution < 1.29 is 162 Å². The Labute approximate surface area is 687 Å². The normalized spacial score (nSPS) is 11.7. The van der Waals surface area contributed by atoms with Crippen molar-refractivity contribution in [2.45, 2.75) is 137 Å². The van der Waals surface area contributed by atoms with E-state index in [0.29, 0.717) is 58.3 Å². The molecule has 6 rings (SSSR count). The maximum absolute atomic E-state index is 12.2. The zero-order valence-electron chi connectivity index (χ0n) is 56.9. The van der Waals surface area contributed by atoms with Crippen LogP contribution < -0.4 is 110 Å². The van der Waals surface area contributed by atoms with E-state index >= 15 is 0 Å². The Morgan fingerprint density at radius 2 is 0.588 bits per heavy atom. The van der Waals surface area contributed by atoms with Crippen LogP contribution in [0.15, 0.2) is 164 Å². The van der Waals surface area contributed by atoms with Gasteiger partial charge in [0, 0.05) is 49.3 Å². The van der Waals surface area contributed by atoms with Crippen molar-refractivity contribution in [1.29, 1.82) is 0 Å². The number of nitrogens with one attached hydrogen (secondary N) is 3. The molecule has 97 heavy (non-hydrogen) atoms. The van der Waals surface area contributed by atoms with Gasteiger partial charge in [-0.15, -0.1) is 0 Å². The van der Waals surface area contributed by atoms with Gasteiger partial charge in [-0.25, -0.2) is 0 Å². The van der Waals surface area contributed by atoms with Gasteiger partial charge in [-0.05, 0) is 122 Å². The van der Waals surface area contributed by atoms with Crippen LogP contribution in [-0.4, -0.2) is 178 Å². The SMILES string of the molecule is CCOC(=O)[C@H](C)CC(Cc1ccc(-c2ccccc2)cc1)NC(=O)CCC(=O)O.CCOC(=O)[C@H](C)CC(Cc1ccc(-c2ccccc2)cc1)NC(=O)CCC(=O)[O-].CCOC(=O)[C@H](C)CC(Cc1ccc(-c2ccccc2)cc1)NC(=O)CCC(=O)[O-].[Ca+2].[Ca+2].[Cl-].[Cl-].[Na+].[Na+].[OH-]. The first-order chi connectivity index (χ1) is 43.2. The monoisotopic (exact) mass is 1440 g/mol. The Kier molecular flexibility index (Phi) is 57.4. The molecule has 5 N–H and O–H groups in total. The van der Waals surface area contributed by atoms with E-state index in [0.717, 1.165) is 50.1 Å². The Hall–Kier alpha value is -4.39. The summed E-state index contributed by atoms with van der Waals surface area (Å²) >= 11 is 0. The fourth-order valence-electron chi connectivity index (χ4n) is 9.80. The first kappa shape index (κ1) is 99.0. The van der Waals surface area contributed by atoms with Gasteiger partial charge in [0.15, 0.2) is 0 Å². The molecule has 6 aromatic carbocycles. The van der Waals surface area contributed by atoms with Crippen molar-refractivity contribution in [3.05, 3.63) is 180 Å². The molecule has 0 saturated heterocycles. The number of halogens is 2. The summed E-state index contributed by atoms with van der Waals surface area (Å²) in [4.78, 5) is 104. The van der Waals surface area contributed by atoms with E-state index < -0.39 is 17.9 Å². The summed E-state index contributed by atoms with van der Waals surface area (Å²) in [6.07, 6.45) is 1.51. The number of hydrogen-bond donors (Lipinski definition) is 4. The Balaban J connectivity index is -0.000000645. The largest absolute Gasteiger partial charge is 2.00 e. The average molecular weight is 1450 g/mol. The Morgan fingerprint density at radius 1 is 0.371 bits per heavy atom. The van der Waals surface area contributed by atoms with Gasteiger partial charge in [0.25, 0.3) is 0 Å². The molecule has 0 aliphatic carbocycles. The van der Waals surface area contributed by atoms with Crippen molar-refractivity contribution in [2.24, 2.45) is 17.8 Å². The minimum absolute atomic E-state index is 0. The van der Waals surface area contributed by atoms with Crippen LogP contribution in [-0.2, 0) is 76.6 Å². The third-order valence-corrected chi connectivity index (χ3v) is 14.4. The standard InChI is InChI=1S/3C24H29NO5.2Ca.2ClH.2Na.H2O/c3*1-3-30-24(29)17(2)15-21(25-22(26)13-14-23(27)28)16-18-9-11-20(12-10-18)19-7-5-4-6-8-19;;;;;;;/h3*4-12,17,21H,3,13-16H2,1-2H3,(H,25,26)(H,27,28);;;2*1H;;;1H2/q;;;2*+2;;;2*+1;/p-5/t3*17-,21?;;;;;;;/m111......./s1. The number of aliphatic carboxylic acids is 3. The molecule has 504 valence electrons. The molecule has 0 spiro atoms. The molecule has 0 radical (unpaired) electrons. The summed E-state index contributed by atoms with van der Waals surface area (Å²) in [5.74, 6) is -6.72. The third kappa shape index (κ3) is 41.2. The molecule has 0 bridgehead atoms. The number of rotatable bonds is 33. The number of carbonyl (C=O) groups excluding carboxylic acids is 8. The first-order valence-electron chi connectivity index (χ1n) is 30.6. The zero-order valence-corrected chi connectivity index (χ0v) is 66.9. The van der Waals surface area contributed by atoms with Gasteiger partial charge in [0.05, 0.1) is 44.0 Å². The second kappa shape index (κ2) is 56.3. The van der Waals surface area contributed by atoms with Crippen LogP contribution in [0.25, 0.3) is 33.4 Å². The predicted molar refractivity (Wildman–Crippen MR) is 353 cm³/mol. The van der Waals surface area contributed by atoms with Gasteiger partial charge in [-0.1, -0.05) is 185 Å². The Bertz CT molecular complexity index is 2880. The summed E-state index contributed by atoms with van der Waals surface area (Å²) < 4.78 is 15.2. The van der Waals surface area contributed by atoms with Crippen LogP contribution >= 0.6 is 0 Å². The number of hydrogen-bond acceptors (Lipinski definition) is 15. The third-order valence-electron chi connectivity index (χ3n) is 14.4. The van der Waals surface area contributed by atoms with Crippen molar-refractivity contribution in [3.8, 4) is 33.4 Å². The average Bonchev–Trinajstić information content (AvgIpc) is 0.940. The van der Waals surface area contributed by atoms with Gasteiger partial charge >= 0.3 is 158 Å². The minimum atomic E-state index is -1.27. The molecule has 0 heterocycles. The molecule has 0 saturated carbocycles. The van der Waals surface area contributed by atoms with E-state index in [1.165, 1.54) is 0 Å². The quantitative estimate of drug-likeness (QED) is 0.0173. The molecule has 0 aromatic heterocycles. The van der Waals surface area contributed by atoms with E-state index in [9.17, 15) is 53.4 Å². The van der Waals surface area contributed by atoms with Crippen LogP contribution in [0.4, 0.5) is 0 Å². The number of esters is 3. The number of amides is 3. The maximum atomic E-state index is 12.2.